The molecule has 5 heteroatoms. The van der Waals surface area contributed by atoms with Gasteiger partial charge < -0.3 is 5.73 Å². The van der Waals surface area contributed by atoms with Gasteiger partial charge in [-0.2, -0.15) is 0 Å². The highest BCUT2D eigenvalue weighted by Crippen LogP contribution is 2.27. The molecule has 0 aliphatic carbocycles. The molecule has 0 bridgehead atoms. The highest BCUT2D eigenvalue weighted by molar-refractivity contribution is 9.10. The second-order valence-corrected chi connectivity index (χ2v) is 5.91. The predicted octanol–water partition coefficient (Wildman–Crippen LogP) is 4.82. The molecule has 21 heavy (non-hydrogen) atoms. The van der Waals surface area contributed by atoms with Crippen LogP contribution in [0.5, 0.6) is 0 Å². The molecule has 2 unspecified atom stereocenters. The van der Waals surface area contributed by atoms with Crippen molar-refractivity contribution in [3.63, 3.8) is 0 Å². The van der Waals surface area contributed by atoms with E-state index < -0.39 is 0 Å². The first kappa shape index (κ1) is 18.1. The van der Waals surface area contributed by atoms with Gasteiger partial charge in [-0.25, -0.2) is 8.78 Å². The van der Waals surface area contributed by atoms with E-state index >= 15 is 0 Å². The number of hydrogen-bond acceptors (Lipinski definition) is 1. The SMILES string of the molecule is CC(N)C(Cc1ccc(F)cc1)c1cc(F)cc(Br)c1.Cl. The maximum Gasteiger partial charge on any atom is 0.124 e. The van der Waals surface area contributed by atoms with Gasteiger partial charge in [-0.15, -0.1) is 12.4 Å². The summed E-state index contributed by atoms with van der Waals surface area (Å²) in [7, 11) is 0. The van der Waals surface area contributed by atoms with Gasteiger partial charge in [-0.3, -0.25) is 0 Å². The Bertz CT molecular complexity index is 567. The maximum atomic E-state index is 13.5. The van der Waals surface area contributed by atoms with E-state index in [1.165, 1.54) is 24.3 Å². The van der Waals surface area contributed by atoms with Crippen molar-refractivity contribution < 1.29 is 8.78 Å². The van der Waals surface area contributed by atoms with Crippen LogP contribution in [0.3, 0.4) is 0 Å². The molecule has 0 amide bonds. The van der Waals surface area contributed by atoms with Crippen molar-refractivity contribution in [2.45, 2.75) is 25.3 Å². The summed E-state index contributed by atoms with van der Waals surface area (Å²) >= 11 is 3.29. The molecule has 114 valence electrons. The van der Waals surface area contributed by atoms with Crippen molar-refractivity contribution in [2.24, 2.45) is 5.73 Å². The van der Waals surface area contributed by atoms with Crippen LogP contribution in [0.1, 0.15) is 24.0 Å². The fraction of sp³-hybridized carbons (Fsp3) is 0.250. The van der Waals surface area contributed by atoms with Gasteiger partial charge in [0, 0.05) is 16.4 Å². The fourth-order valence-corrected chi connectivity index (χ4v) is 2.75. The second kappa shape index (κ2) is 7.87. The van der Waals surface area contributed by atoms with E-state index in [4.69, 9.17) is 5.73 Å². The smallest absolute Gasteiger partial charge is 0.124 e. The van der Waals surface area contributed by atoms with E-state index in [-0.39, 0.29) is 36.0 Å². The standard InChI is InChI=1S/C16H16BrF2N.ClH/c1-10(20)16(6-11-2-4-14(18)5-3-11)12-7-13(17)9-15(19)8-12;/h2-5,7-10,16H,6,20H2,1H3;1H. The summed E-state index contributed by atoms with van der Waals surface area (Å²) in [6.07, 6.45) is 0.647. The average Bonchev–Trinajstić information content (AvgIpc) is 2.36. The summed E-state index contributed by atoms with van der Waals surface area (Å²) in [5.41, 5.74) is 7.86. The van der Waals surface area contributed by atoms with E-state index in [0.717, 1.165) is 11.1 Å². The summed E-state index contributed by atoms with van der Waals surface area (Å²) in [6, 6.07) is 11.0. The summed E-state index contributed by atoms with van der Waals surface area (Å²) in [5.74, 6) is -0.578. The van der Waals surface area contributed by atoms with Gasteiger partial charge >= 0.3 is 0 Å². The lowest BCUT2D eigenvalue weighted by Gasteiger charge is -2.22. The molecule has 2 aromatic carbocycles. The van der Waals surface area contributed by atoms with Crippen molar-refractivity contribution in [1.29, 1.82) is 0 Å². The van der Waals surface area contributed by atoms with Crippen molar-refractivity contribution in [1.82, 2.24) is 0 Å². The number of rotatable bonds is 4. The van der Waals surface area contributed by atoms with Gasteiger partial charge in [0.15, 0.2) is 0 Å². The molecule has 0 saturated carbocycles. The van der Waals surface area contributed by atoms with E-state index in [9.17, 15) is 8.78 Å². The monoisotopic (exact) mass is 375 g/mol. The minimum atomic E-state index is -0.292. The molecule has 0 aromatic heterocycles. The van der Waals surface area contributed by atoms with Crippen molar-refractivity contribution in [3.8, 4) is 0 Å². The molecular formula is C16H17BrClF2N. The third-order valence-electron chi connectivity index (χ3n) is 3.32. The average molecular weight is 377 g/mol. The number of hydrogen-bond donors (Lipinski definition) is 1. The molecule has 0 saturated heterocycles. The normalized spacial score (nSPS) is 13.4. The van der Waals surface area contributed by atoms with Crippen LogP contribution >= 0.6 is 28.3 Å². The van der Waals surface area contributed by atoms with Crippen LogP contribution in [-0.4, -0.2) is 6.04 Å². The lowest BCUT2D eigenvalue weighted by Crippen LogP contribution is -2.26. The van der Waals surface area contributed by atoms with Gasteiger partial charge in [-0.1, -0.05) is 28.1 Å². The molecule has 0 fully saturated rings. The predicted molar refractivity (Wildman–Crippen MR) is 87.8 cm³/mol. The Kier molecular flexibility index (Phi) is 6.78. The quantitative estimate of drug-likeness (QED) is 0.813. The zero-order chi connectivity index (χ0) is 14.7. The van der Waals surface area contributed by atoms with Crippen LogP contribution < -0.4 is 5.73 Å². The van der Waals surface area contributed by atoms with Crippen LogP contribution in [0.15, 0.2) is 46.9 Å². The lowest BCUT2D eigenvalue weighted by molar-refractivity contribution is 0.555. The van der Waals surface area contributed by atoms with E-state index in [1.54, 1.807) is 12.1 Å². The second-order valence-electron chi connectivity index (χ2n) is 5.00. The molecule has 2 N–H and O–H groups in total. The van der Waals surface area contributed by atoms with E-state index in [1.807, 2.05) is 13.0 Å². The van der Waals surface area contributed by atoms with E-state index in [0.29, 0.717) is 10.9 Å². The van der Waals surface area contributed by atoms with Gasteiger partial charge in [0.1, 0.15) is 11.6 Å². The molecule has 0 aliphatic rings. The maximum absolute atomic E-state index is 13.5. The summed E-state index contributed by atoms with van der Waals surface area (Å²) in [4.78, 5) is 0. The Morgan fingerprint density at radius 1 is 1.05 bits per heavy atom. The zero-order valence-electron chi connectivity index (χ0n) is 11.5. The molecule has 0 aliphatic heterocycles. The minimum absolute atomic E-state index is 0. The molecule has 0 spiro atoms. The topological polar surface area (TPSA) is 26.0 Å². The molecule has 1 nitrogen and oxygen atoms in total. The lowest BCUT2D eigenvalue weighted by atomic mass is 9.87. The van der Waals surface area contributed by atoms with Gasteiger partial charge in [0.25, 0.3) is 0 Å². The Balaban J connectivity index is 0.00000220. The molecule has 2 rings (SSSR count). The van der Waals surface area contributed by atoms with Crippen molar-refractivity contribution in [3.05, 3.63) is 69.7 Å². The summed E-state index contributed by atoms with van der Waals surface area (Å²) < 4.78 is 27.1. The third kappa shape index (κ3) is 5.06. The minimum Gasteiger partial charge on any atom is -0.327 e. The van der Waals surface area contributed by atoms with Crippen LogP contribution in [0.2, 0.25) is 0 Å². The highest BCUT2D eigenvalue weighted by Gasteiger charge is 2.18. The molecule has 0 radical (unpaired) electrons. The Morgan fingerprint density at radius 3 is 2.19 bits per heavy atom. The zero-order valence-corrected chi connectivity index (χ0v) is 13.9. The van der Waals surface area contributed by atoms with E-state index in [2.05, 4.69) is 15.9 Å². The van der Waals surface area contributed by atoms with Crippen molar-refractivity contribution in [2.75, 3.05) is 0 Å². The molecule has 2 aromatic rings. The molecular weight excluding hydrogens is 360 g/mol. The Hall–Kier alpha value is -0.970. The first-order valence-electron chi connectivity index (χ1n) is 6.41. The number of halogens is 4. The first-order valence-corrected chi connectivity index (χ1v) is 7.21. The highest BCUT2D eigenvalue weighted by atomic mass is 79.9. The van der Waals surface area contributed by atoms with Crippen LogP contribution in [-0.2, 0) is 6.42 Å². The third-order valence-corrected chi connectivity index (χ3v) is 3.77. The van der Waals surface area contributed by atoms with Gasteiger partial charge in [0.05, 0.1) is 0 Å². The van der Waals surface area contributed by atoms with Gasteiger partial charge in [-0.05, 0) is 54.8 Å². The number of benzene rings is 2. The van der Waals surface area contributed by atoms with Crippen LogP contribution in [0.25, 0.3) is 0 Å². The molecule has 2 atom stereocenters. The van der Waals surface area contributed by atoms with Crippen molar-refractivity contribution >= 4 is 28.3 Å². The fourth-order valence-electron chi connectivity index (χ4n) is 2.27. The van der Waals surface area contributed by atoms with Gasteiger partial charge in [0.2, 0.25) is 0 Å². The Morgan fingerprint density at radius 2 is 1.67 bits per heavy atom. The summed E-state index contributed by atoms with van der Waals surface area (Å²) in [5, 5.41) is 0. The summed E-state index contributed by atoms with van der Waals surface area (Å²) in [6.45, 7) is 1.90. The van der Waals surface area contributed by atoms with Crippen LogP contribution in [0.4, 0.5) is 8.78 Å². The Labute approximate surface area is 138 Å². The largest absolute Gasteiger partial charge is 0.327 e. The van der Waals surface area contributed by atoms with Crippen LogP contribution in [0, 0.1) is 11.6 Å². The first-order chi connectivity index (χ1) is 9.45. The molecule has 0 heterocycles. The number of nitrogens with two attached hydrogens (primary N) is 1.